The van der Waals surface area contributed by atoms with Crippen molar-refractivity contribution in [3.8, 4) is 0 Å². The van der Waals surface area contributed by atoms with Gasteiger partial charge in [-0.15, -0.1) is 23.5 Å². The summed E-state index contributed by atoms with van der Waals surface area (Å²) in [6.07, 6.45) is 9.84. The smallest absolute Gasteiger partial charge is 0.104 e. The molecule has 0 bridgehead atoms. The Hall–Kier alpha value is 0.790. The van der Waals surface area contributed by atoms with Crippen LogP contribution >= 0.6 is 35.7 Å². The molecule has 1 atom stereocenters. The molecule has 1 saturated heterocycles. The van der Waals surface area contributed by atoms with E-state index in [2.05, 4.69) is 6.92 Å². The van der Waals surface area contributed by atoms with Crippen LogP contribution < -0.4 is 0 Å². The van der Waals surface area contributed by atoms with Crippen molar-refractivity contribution in [1.29, 1.82) is 0 Å². The fourth-order valence-electron chi connectivity index (χ4n) is 1.66. The van der Waals surface area contributed by atoms with Crippen molar-refractivity contribution in [3.63, 3.8) is 0 Å². The van der Waals surface area contributed by atoms with Crippen LogP contribution in [0.4, 0.5) is 0 Å². The van der Waals surface area contributed by atoms with Crippen LogP contribution in [0.25, 0.3) is 0 Å². The second-order valence-corrected chi connectivity index (χ2v) is 7.38. The van der Waals surface area contributed by atoms with Crippen molar-refractivity contribution in [3.05, 3.63) is 0 Å². The Labute approximate surface area is 102 Å². The lowest BCUT2D eigenvalue weighted by Crippen LogP contribution is -2.00. The van der Waals surface area contributed by atoms with Gasteiger partial charge in [0.2, 0.25) is 0 Å². The quantitative estimate of drug-likeness (QED) is 0.466. The molecule has 0 saturated carbocycles. The van der Waals surface area contributed by atoms with Crippen LogP contribution in [-0.4, -0.2) is 14.5 Å². The first-order chi connectivity index (χ1) is 6.83. The number of thioether (sulfide) groups is 2. The molecular weight excluding hydrogens is 228 g/mol. The van der Waals surface area contributed by atoms with E-state index >= 15 is 0 Å². The highest BCUT2D eigenvalue weighted by Gasteiger charge is 2.19. The first kappa shape index (κ1) is 12.9. The van der Waals surface area contributed by atoms with Crippen LogP contribution in [0, 0.1) is 0 Å². The Morgan fingerprint density at radius 2 is 1.93 bits per heavy atom. The van der Waals surface area contributed by atoms with Gasteiger partial charge < -0.3 is 0 Å². The molecule has 1 aliphatic heterocycles. The topological polar surface area (TPSA) is 0 Å². The molecule has 1 fully saturated rings. The van der Waals surface area contributed by atoms with E-state index in [1.807, 2.05) is 23.5 Å². The molecule has 0 aromatic heterocycles. The van der Waals surface area contributed by atoms with Gasteiger partial charge in [-0.3, -0.25) is 0 Å². The van der Waals surface area contributed by atoms with E-state index in [4.69, 9.17) is 12.2 Å². The molecule has 1 rings (SSSR count). The van der Waals surface area contributed by atoms with Gasteiger partial charge in [-0.2, -0.15) is 0 Å². The number of hydrogen-bond acceptors (Lipinski definition) is 3. The van der Waals surface area contributed by atoms with Gasteiger partial charge in [0.1, 0.15) is 3.53 Å². The second kappa shape index (κ2) is 8.00. The Bertz CT molecular complexity index is 168. The van der Waals surface area contributed by atoms with E-state index in [0.717, 1.165) is 5.25 Å². The minimum atomic E-state index is 0.832. The van der Waals surface area contributed by atoms with Crippen molar-refractivity contribution in [2.75, 3.05) is 5.75 Å². The summed E-state index contributed by atoms with van der Waals surface area (Å²) in [5, 5.41) is 0.832. The van der Waals surface area contributed by atoms with Gasteiger partial charge in [0.25, 0.3) is 0 Å². The van der Waals surface area contributed by atoms with Crippen molar-refractivity contribution in [2.45, 2.75) is 57.1 Å². The van der Waals surface area contributed by atoms with Crippen molar-refractivity contribution in [2.24, 2.45) is 0 Å². The van der Waals surface area contributed by atoms with Crippen LogP contribution in [0.5, 0.6) is 0 Å². The third kappa shape index (κ3) is 5.62. The van der Waals surface area contributed by atoms with Gasteiger partial charge in [-0.1, -0.05) is 57.7 Å². The fourth-order valence-corrected chi connectivity index (χ4v) is 4.68. The summed E-state index contributed by atoms with van der Waals surface area (Å²) in [6.45, 7) is 2.27. The van der Waals surface area contributed by atoms with E-state index in [1.54, 1.807) is 0 Å². The normalized spacial score (nSPS) is 21.8. The Balaban J connectivity index is 1.86. The highest BCUT2D eigenvalue weighted by molar-refractivity contribution is 8.49. The monoisotopic (exact) mass is 248 g/mol. The zero-order valence-electron chi connectivity index (χ0n) is 8.96. The standard InChI is InChI=1S/C11H20S3/c1-2-3-4-5-6-7-8-10-9-13-11(12)14-10/h10H,2-9H2,1H3. The molecule has 0 aromatic rings. The van der Waals surface area contributed by atoms with Gasteiger partial charge in [0, 0.05) is 11.0 Å². The maximum atomic E-state index is 5.16. The number of hydrogen-bond donors (Lipinski definition) is 0. The fraction of sp³-hybridized carbons (Fsp3) is 0.909. The predicted octanol–water partition coefficient (Wildman–Crippen LogP) is 4.87. The molecule has 14 heavy (non-hydrogen) atoms. The first-order valence-corrected chi connectivity index (χ1v) is 7.93. The summed E-state index contributed by atoms with van der Waals surface area (Å²) in [6, 6.07) is 0. The third-order valence-corrected chi connectivity index (χ3v) is 5.76. The minimum absolute atomic E-state index is 0.832. The van der Waals surface area contributed by atoms with E-state index < -0.39 is 0 Å². The number of rotatable bonds is 7. The maximum Gasteiger partial charge on any atom is 0.104 e. The molecule has 0 N–H and O–H groups in total. The zero-order chi connectivity index (χ0) is 10.2. The summed E-state index contributed by atoms with van der Waals surface area (Å²) in [4.78, 5) is 0. The molecule has 3 heteroatoms. The summed E-state index contributed by atoms with van der Waals surface area (Å²) in [5.41, 5.74) is 0. The predicted molar refractivity (Wildman–Crippen MR) is 74.4 cm³/mol. The zero-order valence-corrected chi connectivity index (χ0v) is 11.4. The van der Waals surface area contributed by atoms with Gasteiger partial charge in [-0.25, -0.2) is 0 Å². The summed E-state index contributed by atoms with van der Waals surface area (Å²) in [5.74, 6) is 1.26. The third-order valence-electron chi connectivity index (χ3n) is 2.53. The summed E-state index contributed by atoms with van der Waals surface area (Å²) < 4.78 is 1.17. The van der Waals surface area contributed by atoms with E-state index in [9.17, 15) is 0 Å². The SMILES string of the molecule is CCCCCCCCC1CSC(=S)S1. The highest BCUT2D eigenvalue weighted by Crippen LogP contribution is 2.35. The maximum absolute atomic E-state index is 5.16. The van der Waals surface area contributed by atoms with E-state index in [-0.39, 0.29) is 0 Å². The first-order valence-electron chi connectivity index (χ1n) is 5.66. The van der Waals surface area contributed by atoms with Crippen LogP contribution in [0.3, 0.4) is 0 Å². The van der Waals surface area contributed by atoms with Gasteiger partial charge in [0.15, 0.2) is 0 Å². The Morgan fingerprint density at radius 3 is 2.57 bits per heavy atom. The Kier molecular flexibility index (Phi) is 7.35. The molecule has 0 amide bonds. The molecule has 82 valence electrons. The average Bonchev–Trinajstić information content (AvgIpc) is 2.58. The molecule has 0 radical (unpaired) electrons. The van der Waals surface area contributed by atoms with E-state index in [0.29, 0.717) is 0 Å². The highest BCUT2D eigenvalue weighted by atomic mass is 32.2. The lowest BCUT2D eigenvalue weighted by Gasteiger charge is -2.05. The minimum Gasteiger partial charge on any atom is -0.107 e. The molecule has 0 aliphatic carbocycles. The molecule has 1 unspecified atom stereocenters. The lowest BCUT2D eigenvalue weighted by molar-refractivity contribution is 0.590. The van der Waals surface area contributed by atoms with Crippen LogP contribution in [0.1, 0.15) is 51.9 Å². The molecule has 0 nitrogen and oxygen atoms in total. The molecule has 1 aliphatic rings. The summed E-state index contributed by atoms with van der Waals surface area (Å²) >= 11 is 8.96. The van der Waals surface area contributed by atoms with Crippen molar-refractivity contribution >= 4 is 39.3 Å². The number of thiocarbonyl (C=S) groups is 1. The second-order valence-electron chi connectivity index (χ2n) is 3.86. The van der Waals surface area contributed by atoms with Gasteiger partial charge in [0.05, 0.1) is 0 Å². The summed E-state index contributed by atoms with van der Waals surface area (Å²) in [7, 11) is 0. The van der Waals surface area contributed by atoms with Crippen LogP contribution in [0.2, 0.25) is 0 Å². The van der Waals surface area contributed by atoms with Crippen LogP contribution in [-0.2, 0) is 0 Å². The largest absolute Gasteiger partial charge is 0.107 e. The van der Waals surface area contributed by atoms with Crippen molar-refractivity contribution in [1.82, 2.24) is 0 Å². The molecular formula is C11H20S3. The lowest BCUT2D eigenvalue weighted by atomic mass is 10.1. The van der Waals surface area contributed by atoms with Crippen molar-refractivity contribution < 1.29 is 0 Å². The average molecular weight is 248 g/mol. The Morgan fingerprint density at radius 1 is 1.21 bits per heavy atom. The number of unbranched alkanes of at least 4 members (excludes halogenated alkanes) is 5. The van der Waals surface area contributed by atoms with Gasteiger partial charge >= 0.3 is 0 Å². The molecule has 1 heterocycles. The molecule has 0 aromatic carbocycles. The van der Waals surface area contributed by atoms with E-state index in [1.165, 1.54) is 54.2 Å². The molecule has 0 spiro atoms. The van der Waals surface area contributed by atoms with Gasteiger partial charge in [-0.05, 0) is 6.42 Å². The van der Waals surface area contributed by atoms with Crippen LogP contribution in [0.15, 0.2) is 0 Å².